The van der Waals surface area contributed by atoms with E-state index in [-0.39, 0.29) is 18.8 Å². The van der Waals surface area contributed by atoms with E-state index in [0.717, 1.165) is 5.82 Å². The highest BCUT2D eigenvalue weighted by atomic mass is 35.5. The number of aromatic amines is 1. The van der Waals surface area contributed by atoms with Crippen LogP contribution >= 0.6 is 11.6 Å². The van der Waals surface area contributed by atoms with Gasteiger partial charge in [0.05, 0.1) is 30.9 Å². The third-order valence-electron chi connectivity index (χ3n) is 4.56. The van der Waals surface area contributed by atoms with Gasteiger partial charge in [-0.1, -0.05) is 11.6 Å². The first-order valence-electron chi connectivity index (χ1n) is 9.36. The van der Waals surface area contributed by atoms with Gasteiger partial charge in [-0.05, 0) is 24.3 Å². The Bertz CT molecular complexity index is 1110. The van der Waals surface area contributed by atoms with E-state index in [1.807, 2.05) is 31.1 Å². The number of H-pyrrole nitrogens is 1. The average Bonchev–Trinajstić information content (AvgIpc) is 3.17. The van der Waals surface area contributed by atoms with Crippen molar-refractivity contribution in [2.75, 3.05) is 46.4 Å². The highest BCUT2D eigenvalue weighted by Crippen LogP contribution is 2.38. The van der Waals surface area contributed by atoms with Crippen LogP contribution in [-0.4, -0.2) is 63.2 Å². The van der Waals surface area contributed by atoms with Crippen molar-refractivity contribution in [3.63, 3.8) is 0 Å². The molecule has 31 heavy (non-hydrogen) atoms. The minimum atomic E-state index is -0.886. The number of nitrogens with one attached hydrogen (secondary N) is 2. The molecule has 10 heteroatoms. The number of hydrogen-bond donors (Lipinski definition) is 2. The molecule has 2 N–H and O–H groups in total. The molecule has 0 bridgehead atoms. The number of Topliss-reactive ketones (excluding diaryl/α,β-unsaturated/α-hetero) is 1. The number of aromatic nitrogens is 2. The second-order valence-electron chi connectivity index (χ2n) is 6.80. The number of halogens is 1. The zero-order chi connectivity index (χ0) is 22.5. The van der Waals surface area contributed by atoms with Crippen LogP contribution in [0.2, 0.25) is 5.02 Å². The number of benzene rings is 1. The third-order valence-corrected chi connectivity index (χ3v) is 4.87. The van der Waals surface area contributed by atoms with Crippen molar-refractivity contribution in [2.45, 2.75) is 0 Å². The van der Waals surface area contributed by atoms with Crippen LogP contribution in [0.4, 0.5) is 5.82 Å². The summed E-state index contributed by atoms with van der Waals surface area (Å²) in [7, 11) is 6.78. The Morgan fingerprint density at radius 2 is 1.94 bits per heavy atom. The van der Waals surface area contributed by atoms with Crippen molar-refractivity contribution in [2.24, 2.45) is 0 Å². The average molecular weight is 447 g/mol. The normalized spacial score (nSPS) is 10.9. The van der Waals surface area contributed by atoms with Crippen molar-refractivity contribution in [1.29, 1.82) is 0 Å². The van der Waals surface area contributed by atoms with Crippen LogP contribution in [0.5, 0.6) is 5.88 Å². The van der Waals surface area contributed by atoms with Crippen molar-refractivity contribution >= 4 is 40.0 Å². The SMILES string of the molecule is COCCONC(=O)C(=O)c1c[nH]c2cc(Cl)c(-c3ccc(N(C)C)nc3OC)cc12. The number of carbonyl (C=O) groups is 2. The highest BCUT2D eigenvalue weighted by molar-refractivity contribution is 6.45. The number of nitrogens with zero attached hydrogens (tertiary/aromatic N) is 2. The topological polar surface area (TPSA) is 106 Å². The molecular formula is C21H23ClN4O5. The highest BCUT2D eigenvalue weighted by Gasteiger charge is 2.22. The molecule has 164 valence electrons. The number of ether oxygens (including phenoxy) is 2. The van der Waals surface area contributed by atoms with Crippen LogP contribution in [-0.2, 0) is 14.4 Å². The van der Waals surface area contributed by atoms with Gasteiger partial charge in [-0.3, -0.25) is 14.4 Å². The van der Waals surface area contributed by atoms with Crippen LogP contribution < -0.4 is 15.1 Å². The van der Waals surface area contributed by atoms with E-state index in [1.165, 1.54) is 20.4 Å². The predicted molar refractivity (Wildman–Crippen MR) is 118 cm³/mol. The number of methoxy groups -OCH3 is 2. The molecule has 3 aromatic rings. The number of anilines is 1. The monoisotopic (exact) mass is 446 g/mol. The molecule has 0 saturated heterocycles. The van der Waals surface area contributed by atoms with Gasteiger partial charge in [0.1, 0.15) is 5.82 Å². The molecule has 1 amide bonds. The lowest BCUT2D eigenvalue weighted by atomic mass is 10.0. The van der Waals surface area contributed by atoms with Gasteiger partial charge in [-0.15, -0.1) is 0 Å². The van der Waals surface area contributed by atoms with Gasteiger partial charge < -0.3 is 19.4 Å². The fraction of sp³-hybridized carbons (Fsp3) is 0.286. The van der Waals surface area contributed by atoms with Gasteiger partial charge in [0.15, 0.2) is 0 Å². The van der Waals surface area contributed by atoms with Gasteiger partial charge >= 0.3 is 5.91 Å². The molecule has 3 rings (SSSR count). The predicted octanol–water partition coefficient (Wildman–Crippen LogP) is 2.83. The number of rotatable bonds is 9. The van der Waals surface area contributed by atoms with Crippen molar-refractivity contribution < 1.29 is 23.9 Å². The zero-order valence-electron chi connectivity index (χ0n) is 17.6. The fourth-order valence-corrected chi connectivity index (χ4v) is 3.25. The smallest absolute Gasteiger partial charge is 0.315 e. The molecule has 1 aromatic carbocycles. The van der Waals surface area contributed by atoms with Gasteiger partial charge in [-0.25, -0.2) is 5.48 Å². The van der Waals surface area contributed by atoms with E-state index in [2.05, 4.69) is 15.4 Å². The summed E-state index contributed by atoms with van der Waals surface area (Å²) in [6, 6.07) is 7.11. The largest absolute Gasteiger partial charge is 0.480 e. The molecular weight excluding hydrogens is 424 g/mol. The van der Waals surface area contributed by atoms with Crippen LogP contribution in [0.3, 0.4) is 0 Å². The van der Waals surface area contributed by atoms with Gasteiger partial charge in [0, 0.05) is 49.4 Å². The summed E-state index contributed by atoms with van der Waals surface area (Å²) < 4.78 is 10.3. The minimum absolute atomic E-state index is 0.124. The van der Waals surface area contributed by atoms with Gasteiger partial charge in [0.25, 0.3) is 5.78 Å². The summed E-state index contributed by atoms with van der Waals surface area (Å²) in [5.41, 5.74) is 4.20. The van der Waals surface area contributed by atoms with E-state index in [9.17, 15) is 9.59 Å². The van der Waals surface area contributed by atoms with E-state index in [4.69, 9.17) is 25.9 Å². The van der Waals surface area contributed by atoms with E-state index < -0.39 is 11.7 Å². The second kappa shape index (κ2) is 9.78. The lowest BCUT2D eigenvalue weighted by molar-refractivity contribution is -0.129. The fourth-order valence-electron chi connectivity index (χ4n) is 2.99. The summed E-state index contributed by atoms with van der Waals surface area (Å²) >= 11 is 6.51. The Labute approximate surface area is 184 Å². The van der Waals surface area contributed by atoms with Gasteiger partial charge in [0.2, 0.25) is 5.88 Å². The van der Waals surface area contributed by atoms with Crippen LogP contribution in [0.1, 0.15) is 10.4 Å². The Hall–Kier alpha value is -3.14. The first-order chi connectivity index (χ1) is 14.9. The van der Waals surface area contributed by atoms with Crippen molar-refractivity contribution in [3.05, 3.63) is 41.0 Å². The van der Waals surface area contributed by atoms with E-state index in [0.29, 0.717) is 32.9 Å². The Kier molecular flexibility index (Phi) is 7.11. The molecule has 0 saturated carbocycles. The number of pyridine rings is 1. The lowest BCUT2D eigenvalue weighted by Gasteiger charge is -2.15. The van der Waals surface area contributed by atoms with Crippen molar-refractivity contribution in [1.82, 2.24) is 15.4 Å². The van der Waals surface area contributed by atoms with Crippen molar-refractivity contribution in [3.8, 4) is 17.0 Å². The first-order valence-corrected chi connectivity index (χ1v) is 9.74. The molecule has 0 unspecified atom stereocenters. The second-order valence-corrected chi connectivity index (χ2v) is 7.21. The van der Waals surface area contributed by atoms with E-state index in [1.54, 1.807) is 12.1 Å². The molecule has 0 aliphatic carbocycles. The lowest BCUT2D eigenvalue weighted by Crippen LogP contribution is -2.32. The molecule has 0 fully saturated rings. The molecule has 2 aromatic heterocycles. The summed E-state index contributed by atoms with van der Waals surface area (Å²) in [5.74, 6) is -0.520. The number of ketones is 1. The number of amides is 1. The maximum absolute atomic E-state index is 12.6. The van der Waals surface area contributed by atoms with Crippen LogP contribution in [0, 0.1) is 0 Å². The minimum Gasteiger partial charge on any atom is -0.480 e. The standard InChI is InChI=1S/C21H23ClN4O5/c1-26(2)18-6-5-12(21(24-18)30-4)13-9-14-15(11-23-17(14)10-16(13)22)19(27)20(28)25-31-8-7-29-3/h5-6,9-11,23H,7-8H2,1-4H3,(H,25,28). The third kappa shape index (κ3) is 4.79. The summed E-state index contributed by atoms with van der Waals surface area (Å²) in [6.07, 6.45) is 1.46. The maximum atomic E-state index is 12.6. The number of carbonyl (C=O) groups excluding carboxylic acids is 2. The molecule has 9 nitrogen and oxygen atoms in total. The Balaban J connectivity index is 1.98. The molecule has 0 aliphatic heterocycles. The maximum Gasteiger partial charge on any atom is 0.315 e. The summed E-state index contributed by atoms with van der Waals surface area (Å²) in [6.45, 7) is 0.408. The number of fused-ring (bicyclic) bond motifs is 1. The van der Waals surface area contributed by atoms with Crippen LogP contribution in [0.15, 0.2) is 30.5 Å². The first kappa shape index (κ1) is 22.5. The Morgan fingerprint density at radius 1 is 1.16 bits per heavy atom. The number of hydrogen-bond acceptors (Lipinski definition) is 7. The summed E-state index contributed by atoms with van der Waals surface area (Å²) in [4.78, 5) is 39.1. The molecule has 0 aliphatic rings. The number of hydroxylamine groups is 1. The molecule has 0 spiro atoms. The Morgan fingerprint density at radius 3 is 2.61 bits per heavy atom. The van der Waals surface area contributed by atoms with Crippen LogP contribution in [0.25, 0.3) is 22.0 Å². The quantitative estimate of drug-likeness (QED) is 0.225. The zero-order valence-corrected chi connectivity index (χ0v) is 18.4. The molecule has 2 heterocycles. The molecule has 0 radical (unpaired) electrons. The van der Waals surface area contributed by atoms with E-state index >= 15 is 0 Å². The van der Waals surface area contributed by atoms with Gasteiger partial charge in [-0.2, -0.15) is 4.98 Å². The summed E-state index contributed by atoms with van der Waals surface area (Å²) in [5, 5.41) is 0.980. The molecule has 0 atom stereocenters.